The van der Waals surface area contributed by atoms with Crippen molar-refractivity contribution in [3.63, 3.8) is 0 Å². The lowest BCUT2D eigenvalue weighted by Gasteiger charge is -2.18. The van der Waals surface area contributed by atoms with Crippen LogP contribution < -0.4 is 0 Å². The molecule has 6 heteroatoms. The first kappa shape index (κ1) is 76.6. The molecular formula is C74H130O6. The molecule has 0 N–H and O–H groups in total. The van der Waals surface area contributed by atoms with Gasteiger partial charge in [-0.25, -0.2) is 0 Å². The Kier molecular flexibility index (Phi) is 65.2. The first-order valence-corrected chi connectivity index (χ1v) is 34.6. The summed E-state index contributed by atoms with van der Waals surface area (Å²) in [6, 6.07) is 0. The van der Waals surface area contributed by atoms with Gasteiger partial charge >= 0.3 is 17.9 Å². The summed E-state index contributed by atoms with van der Waals surface area (Å²) in [5, 5.41) is 0. The summed E-state index contributed by atoms with van der Waals surface area (Å²) in [5.41, 5.74) is 0. The lowest BCUT2D eigenvalue weighted by Crippen LogP contribution is -2.30. The third kappa shape index (κ3) is 65.4. The fraction of sp³-hybridized carbons (Fsp3) is 0.770. The topological polar surface area (TPSA) is 78.9 Å². The van der Waals surface area contributed by atoms with E-state index in [-0.39, 0.29) is 37.5 Å². The van der Waals surface area contributed by atoms with Crippen molar-refractivity contribution in [2.75, 3.05) is 13.2 Å². The lowest BCUT2D eigenvalue weighted by molar-refractivity contribution is -0.167. The second-order valence-corrected chi connectivity index (χ2v) is 23.1. The van der Waals surface area contributed by atoms with E-state index < -0.39 is 6.10 Å². The summed E-state index contributed by atoms with van der Waals surface area (Å²) >= 11 is 0. The third-order valence-corrected chi connectivity index (χ3v) is 15.1. The number of carbonyl (C=O) groups excluding carboxylic acids is 3. The van der Waals surface area contributed by atoms with Gasteiger partial charge in [-0.1, -0.05) is 331 Å². The SMILES string of the molecule is CC/C=C\C/C=C\C/C=C\C/C=C\C/C=C\CCCC(=O)OC(COC(=O)CCCCCCC/C=C\C/C=C\CCCC)COC(=O)CCCCCCCCCCCCCCCCCCCCCCCCCCCCCCCCC. The molecule has 0 spiro atoms. The maximum atomic E-state index is 12.9. The van der Waals surface area contributed by atoms with Gasteiger partial charge in [-0.15, -0.1) is 0 Å². The van der Waals surface area contributed by atoms with Crippen molar-refractivity contribution in [2.24, 2.45) is 0 Å². The number of hydrogen-bond donors (Lipinski definition) is 0. The van der Waals surface area contributed by atoms with Crippen molar-refractivity contribution in [3.05, 3.63) is 85.1 Å². The molecule has 0 bridgehead atoms. The van der Waals surface area contributed by atoms with E-state index in [0.29, 0.717) is 19.3 Å². The van der Waals surface area contributed by atoms with Crippen molar-refractivity contribution >= 4 is 17.9 Å². The maximum Gasteiger partial charge on any atom is 0.306 e. The molecule has 1 unspecified atom stereocenters. The molecule has 0 aromatic heterocycles. The summed E-state index contributed by atoms with van der Waals surface area (Å²) in [4.78, 5) is 38.3. The molecule has 0 radical (unpaired) electrons. The van der Waals surface area contributed by atoms with Gasteiger partial charge in [-0.3, -0.25) is 14.4 Å². The molecule has 1 atom stereocenters. The normalized spacial score (nSPS) is 12.6. The summed E-state index contributed by atoms with van der Waals surface area (Å²) in [5.74, 6) is -0.961. The molecule has 0 heterocycles. The van der Waals surface area contributed by atoms with Crippen LogP contribution in [0.3, 0.4) is 0 Å². The van der Waals surface area contributed by atoms with Gasteiger partial charge in [0, 0.05) is 19.3 Å². The molecule has 0 saturated heterocycles. The second kappa shape index (κ2) is 68.1. The van der Waals surface area contributed by atoms with E-state index in [1.54, 1.807) is 0 Å². The monoisotopic (exact) mass is 1110 g/mol. The van der Waals surface area contributed by atoms with E-state index in [2.05, 4.69) is 106 Å². The molecule has 0 aromatic rings. The quantitative estimate of drug-likeness (QED) is 0.0261. The first-order valence-electron chi connectivity index (χ1n) is 34.6. The summed E-state index contributed by atoms with van der Waals surface area (Å²) in [6.45, 7) is 6.47. The zero-order chi connectivity index (χ0) is 57.8. The van der Waals surface area contributed by atoms with Gasteiger partial charge in [0.25, 0.3) is 0 Å². The highest BCUT2D eigenvalue weighted by molar-refractivity contribution is 5.71. The van der Waals surface area contributed by atoms with Crippen LogP contribution in [0.4, 0.5) is 0 Å². The smallest absolute Gasteiger partial charge is 0.306 e. The Morgan fingerprint density at radius 1 is 0.263 bits per heavy atom. The zero-order valence-corrected chi connectivity index (χ0v) is 53.1. The van der Waals surface area contributed by atoms with Crippen LogP contribution in [0.1, 0.15) is 348 Å². The molecule has 462 valence electrons. The number of ether oxygens (including phenoxy) is 3. The minimum absolute atomic E-state index is 0.101. The average Bonchev–Trinajstić information content (AvgIpc) is 3.46. The van der Waals surface area contributed by atoms with Crippen LogP contribution in [0.5, 0.6) is 0 Å². The van der Waals surface area contributed by atoms with Crippen LogP contribution in [0, 0.1) is 0 Å². The molecule has 0 aromatic carbocycles. The van der Waals surface area contributed by atoms with E-state index in [4.69, 9.17) is 14.2 Å². The first-order chi connectivity index (χ1) is 39.5. The largest absolute Gasteiger partial charge is 0.462 e. The summed E-state index contributed by atoms with van der Waals surface area (Å²) < 4.78 is 16.9. The predicted octanol–water partition coefficient (Wildman–Crippen LogP) is 23.8. The number of hydrogen-bond acceptors (Lipinski definition) is 6. The van der Waals surface area contributed by atoms with Gasteiger partial charge in [0.15, 0.2) is 6.10 Å². The van der Waals surface area contributed by atoms with Gasteiger partial charge in [-0.05, 0) is 83.5 Å². The van der Waals surface area contributed by atoms with Crippen molar-refractivity contribution in [2.45, 2.75) is 354 Å². The standard InChI is InChI=1S/C74H130O6/c1-4-7-10-13-16-19-22-25-28-30-31-32-33-34-35-36-37-38-39-40-41-42-43-45-46-49-52-55-58-61-64-67-73(76)79-70-71(69-78-72(75)66-63-60-57-54-51-48-27-24-21-18-15-12-9-6-3)80-74(77)68-65-62-59-56-53-50-47-44-29-26-23-20-17-14-11-8-5-2/h8,11,15,17-18,20,24,26-27,29,47,50,56,59,71H,4-7,9-10,12-14,16,19,21-23,25,28,30-46,48-49,51-55,57-58,60-70H2,1-3H3/b11-8-,18-15-,20-17-,27-24-,29-26-,50-47-,59-56-. The molecule has 0 amide bonds. The zero-order valence-electron chi connectivity index (χ0n) is 53.1. The Hall–Kier alpha value is -3.41. The molecule has 0 aliphatic carbocycles. The van der Waals surface area contributed by atoms with Crippen molar-refractivity contribution in [1.82, 2.24) is 0 Å². The molecule has 0 rings (SSSR count). The minimum Gasteiger partial charge on any atom is -0.462 e. The van der Waals surface area contributed by atoms with Crippen LogP contribution in [0.25, 0.3) is 0 Å². The third-order valence-electron chi connectivity index (χ3n) is 15.1. The number of unbranched alkanes of at least 4 members (excludes halogenated alkanes) is 38. The number of rotatable bonds is 63. The Balaban J connectivity index is 4.22. The molecule has 0 fully saturated rings. The Morgan fingerprint density at radius 2 is 0.512 bits per heavy atom. The molecule has 0 aliphatic rings. The molecular weight excluding hydrogens is 985 g/mol. The van der Waals surface area contributed by atoms with Crippen LogP contribution in [0.2, 0.25) is 0 Å². The molecule has 0 aliphatic heterocycles. The molecule has 80 heavy (non-hydrogen) atoms. The van der Waals surface area contributed by atoms with Crippen molar-refractivity contribution < 1.29 is 28.6 Å². The van der Waals surface area contributed by atoms with Gasteiger partial charge in [0.1, 0.15) is 13.2 Å². The highest BCUT2D eigenvalue weighted by Crippen LogP contribution is 2.18. The Bertz CT molecular complexity index is 1520. The molecule has 6 nitrogen and oxygen atoms in total. The Morgan fingerprint density at radius 3 is 0.838 bits per heavy atom. The summed E-state index contributed by atoms with van der Waals surface area (Å²) in [6.07, 6.45) is 90.6. The Labute approximate surface area is 496 Å². The average molecular weight is 1120 g/mol. The minimum atomic E-state index is -0.813. The molecule has 0 saturated carbocycles. The van der Waals surface area contributed by atoms with Crippen molar-refractivity contribution in [1.29, 1.82) is 0 Å². The van der Waals surface area contributed by atoms with Crippen molar-refractivity contribution in [3.8, 4) is 0 Å². The van der Waals surface area contributed by atoms with Gasteiger partial charge in [0.05, 0.1) is 0 Å². The van der Waals surface area contributed by atoms with Crippen LogP contribution >= 0.6 is 0 Å². The predicted molar refractivity (Wildman–Crippen MR) is 348 cm³/mol. The second-order valence-electron chi connectivity index (χ2n) is 23.1. The lowest BCUT2D eigenvalue weighted by atomic mass is 10.0. The van der Waals surface area contributed by atoms with E-state index >= 15 is 0 Å². The van der Waals surface area contributed by atoms with E-state index in [1.165, 1.54) is 199 Å². The maximum absolute atomic E-state index is 12.9. The van der Waals surface area contributed by atoms with Crippen LogP contribution in [-0.2, 0) is 28.6 Å². The van der Waals surface area contributed by atoms with E-state index in [9.17, 15) is 14.4 Å². The number of allylic oxidation sites excluding steroid dienone is 14. The number of esters is 3. The fourth-order valence-electron chi connectivity index (χ4n) is 9.97. The van der Waals surface area contributed by atoms with E-state index in [1.807, 2.05) is 0 Å². The van der Waals surface area contributed by atoms with Crippen LogP contribution in [0.15, 0.2) is 85.1 Å². The number of carbonyl (C=O) groups is 3. The van der Waals surface area contributed by atoms with Gasteiger partial charge in [-0.2, -0.15) is 0 Å². The highest BCUT2D eigenvalue weighted by Gasteiger charge is 2.19. The van der Waals surface area contributed by atoms with Crippen LogP contribution in [-0.4, -0.2) is 37.2 Å². The highest BCUT2D eigenvalue weighted by atomic mass is 16.6. The fourth-order valence-corrected chi connectivity index (χ4v) is 9.97. The van der Waals surface area contributed by atoms with E-state index in [0.717, 1.165) is 103 Å². The van der Waals surface area contributed by atoms with Gasteiger partial charge < -0.3 is 14.2 Å². The summed E-state index contributed by atoms with van der Waals surface area (Å²) in [7, 11) is 0. The van der Waals surface area contributed by atoms with Gasteiger partial charge in [0.2, 0.25) is 0 Å².